The van der Waals surface area contributed by atoms with Crippen LogP contribution in [0.2, 0.25) is 0 Å². The van der Waals surface area contributed by atoms with E-state index in [1.54, 1.807) is 20.8 Å². The van der Waals surface area contributed by atoms with Crippen molar-refractivity contribution in [1.29, 1.82) is 0 Å². The lowest BCUT2D eigenvalue weighted by atomic mass is 9.78. The Labute approximate surface area is 692 Å². The van der Waals surface area contributed by atoms with Crippen molar-refractivity contribution >= 4 is 115 Å². The van der Waals surface area contributed by atoms with Crippen molar-refractivity contribution < 1.29 is 215 Å². The fraction of sp³-hybridized carbons (Fsp3) is 0.623. The van der Waals surface area contributed by atoms with Crippen molar-refractivity contribution in [2.75, 3.05) is 79.3 Å². The van der Waals surface area contributed by atoms with E-state index in [2.05, 4.69) is 16.1 Å². The van der Waals surface area contributed by atoms with Gasteiger partial charge in [-0.3, -0.25) is 67.1 Å². The van der Waals surface area contributed by atoms with Crippen LogP contribution < -0.4 is 4.74 Å². The summed E-state index contributed by atoms with van der Waals surface area (Å²) >= 11 is 0. The standard InChI is InChI=1S/C16H22O9.C14H20O9.C14H16O7.C14H22O7.C10H18O5.C9H12O7/c1-9(2)15(21)23-6-10(18)7-24-16(22)12-4-3-11(25-8-17)5-13(12)14(19)20;1-14(5-15,13(20)21)6-22-12(19)9-3-2-8(23-7-16)4-10(9)11(17)18;1-14(2,6-15)7-20-13(19)10-4-3-9(21-8-16)5-11(10)12(17)18;1-2-14(7-15,13(19)20)8-21-12(18)10-6-4-3-5-9(10)11(16)17;11-7-3-1-2-4-8-15-10(14)6-5-9(12)13;1-9(4-10,8(14)15)5-16-7(13)3-2-6(11)12/h8,10-13,18H,1,3-7H2,2H3,(H,19,20);7-10,15H,2-6H2,1H3,(H,17,18)(H,20,21);3-5,8,15H,6-7H2,1-2H3,(H,17,18);9-10,15H,2-8H2,1H3,(H,16,17)(H,19,20);11H,1-8H2,(H,12,13);2-3,10H,4-5H2,1H3,(H,11,12)(H,14,15)/b;;;;;3-2-. The number of carbonyl (C=O) groups is 19. The Morgan fingerprint density at radius 1 is 0.496 bits per heavy atom. The van der Waals surface area contributed by atoms with Gasteiger partial charge in [0, 0.05) is 29.7 Å². The monoisotopic (exact) mass is 1740 g/mol. The summed E-state index contributed by atoms with van der Waals surface area (Å²) in [6, 6.07) is 3.55. The fourth-order valence-corrected chi connectivity index (χ4v) is 10.5. The molecule has 15 N–H and O–H groups in total. The summed E-state index contributed by atoms with van der Waals surface area (Å²) in [5, 5.41) is 134. The molecule has 12 atom stereocenters. The summed E-state index contributed by atoms with van der Waals surface area (Å²) in [6.45, 7) is 8.74. The SMILES string of the molecule is C=C(C)C(=O)OCC(O)COC(=O)C1CCC(OC=O)CC1C(=O)O.CC(C)(CO)COC(=O)c1ccc(OC=O)cc1C(=O)O.CC(CO)(COC(=O)/C=C\C(=O)O)C(=O)O.CC(CO)(COC(=O)C1CCC(OC=O)CC1C(=O)O)C(=O)O.CCC(CO)(COC(=O)C1CCCCC1C(=O)O)C(=O)O.O=C(O)CCC(=O)OCCCCCCO. The Morgan fingerprint density at radius 2 is 0.975 bits per heavy atom. The number of carboxylic acid groups (broad SMARTS) is 9. The predicted molar refractivity (Wildman–Crippen MR) is 402 cm³/mol. The fourth-order valence-electron chi connectivity index (χ4n) is 10.5. The van der Waals surface area contributed by atoms with Gasteiger partial charge in [-0.05, 0) is 116 Å². The zero-order chi connectivity index (χ0) is 93.0. The van der Waals surface area contributed by atoms with Crippen LogP contribution in [0, 0.1) is 57.2 Å². The number of esters is 7. The molecule has 0 amide bonds. The molecule has 0 saturated heterocycles. The average molecular weight is 1740 g/mol. The lowest BCUT2D eigenvalue weighted by Gasteiger charge is -2.32. The van der Waals surface area contributed by atoms with E-state index in [9.17, 15) is 112 Å². The summed E-state index contributed by atoms with van der Waals surface area (Å²) in [7, 11) is 0. The molecule has 0 aromatic heterocycles. The Morgan fingerprint density at radius 3 is 1.40 bits per heavy atom. The van der Waals surface area contributed by atoms with Crippen LogP contribution >= 0.6 is 0 Å². The molecule has 1 aromatic rings. The second kappa shape index (κ2) is 58.3. The van der Waals surface area contributed by atoms with E-state index < -0.39 is 217 Å². The van der Waals surface area contributed by atoms with Gasteiger partial charge in [0.15, 0.2) is 0 Å². The average Bonchev–Trinajstić information content (AvgIpc) is 0.778. The molecule has 0 spiro atoms. The molecule has 3 aliphatic rings. The summed E-state index contributed by atoms with van der Waals surface area (Å²) in [5.74, 6) is -21.6. The molecular formula is C77H110O44. The van der Waals surface area contributed by atoms with Crippen LogP contribution in [0.15, 0.2) is 42.5 Å². The number of rotatable bonds is 46. The van der Waals surface area contributed by atoms with Gasteiger partial charge in [0.1, 0.15) is 73.3 Å². The van der Waals surface area contributed by atoms with Crippen LogP contribution in [0.5, 0.6) is 5.75 Å². The minimum absolute atomic E-state index is 0.00892. The van der Waals surface area contributed by atoms with Gasteiger partial charge in [0.2, 0.25) is 0 Å². The first-order valence-corrected chi connectivity index (χ1v) is 37.4. The number of hydrogen-bond acceptors (Lipinski definition) is 35. The van der Waals surface area contributed by atoms with Gasteiger partial charge in [0.05, 0.1) is 99.1 Å². The van der Waals surface area contributed by atoms with Crippen LogP contribution in [0.3, 0.4) is 0 Å². The molecule has 4 rings (SSSR count). The van der Waals surface area contributed by atoms with Gasteiger partial charge in [-0.2, -0.15) is 0 Å². The molecule has 1 aromatic carbocycles. The van der Waals surface area contributed by atoms with Crippen LogP contribution in [0.25, 0.3) is 0 Å². The van der Waals surface area contributed by atoms with E-state index in [-0.39, 0.29) is 113 Å². The molecule has 0 radical (unpaired) electrons. The molecule has 3 fully saturated rings. The predicted octanol–water partition coefficient (Wildman–Crippen LogP) is 1.90. The molecular weight excluding hydrogens is 1630 g/mol. The van der Waals surface area contributed by atoms with E-state index in [4.69, 9.17) is 94.1 Å². The largest absolute Gasteiger partial charge is 0.481 e. The Hall–Kier alpha value is -11.6. The minimum atomic E-state index is -1.65. The lowest BCUT2D eigenvalue weighted by Crippen LogP contribution is -2.42. The molecule has 0 heterocycles. The molecule has 12 unspecified atom stereocenters. The van der Waals surface area contributed by atoms with Gasteiger partial charge in [-0.25, -0.2) is 24.0 Å². The molecule has 682 valence electrons. The second-order valence-electron chi connectivity index (χ2n) is 29.0. The number of hydrogen-bond donors (Lipinski definition) is 15. The van der Waals surface area contributed by atoms with Gasteiger partial charge in [0.25, 0.3) is 19.4 Å². The van der Waals surface area contributed by atoms with E-state index in [0.29, 0.717) is 44.4 Å². The van der Waals surface area contributed by atoms with E-state index in [0.717, 1.165) is 44.6 Å². The zero-order valence-electron chi connectivity index (χ0n) is 67.6. The highest BCUT2D eigenvalue weighted by Gasteiger charge is 2.45. The van der Waals surface area contributed by atoms with Crippen molar-refractivity contribution in [3.8, 4) is 5.75 Å². The number of aliphatic hydroxyl groups is 6. The van der Waals surface area contributed by atoms with E-state index in [1.165, 1.54) is 32.9 Å². The third-order valence-corrected chi connectivity index (χ3v) is 18.5. The molecule has 44 heteroatoms. The van der Waals surface area contributed by atoms with E-state index in [1.807, 2.05) is 0 Å². The van der Waals surface area contributed by atoms with Crippen LogP contribution in [0.1, 0.15) is 171 Å². The number of aromatic carboxylic acids is 1. The smallest absolute Gasteiger partial charge is 0.339 e. The topological polar surface area (TPSA) is 720 Å². The van der Waals surface area contributed by atoms with Crippen LogP contribution in [-0.4, -0.2) is 289 Å². The normalized spacial score (nSPS) is 19.3. The highest BCUT2D eigenvalue weighted by molar-refractivity contribution is 6.03. The summed E-state index contributed by atoms with van der Waals surface area (Å²) < 4.78 is 47.9. The van der Waals surface area contributed by atoms with Crippen molar-refractivity contribution in [1.82, 2.24) is 0 Å². The number of aliphatic hydroxyl groups excluding tert-OH is 6. The first kappa shape index (κ1) is 111. The molecule has 3 aliphatic carbocycles. The van der Waals surface area contributed by atoms with Gasteiger partial charge in [-0.1, -0.05) is 46.6 Å². The minimum Gasteiger partial charge on any atom is -0.481 e. The number of carboxylic acids is 9. The third-order valence-electron chi connectivity index (χ3n) is 18.5. The summed E-state index contributed by atoms with van der Waals surface area (Å²) in [4.78, 5) is 210. The van der Waals surface area contributed by atoms with Crippen molar-refractivity contribution in [2.24, 2.45) is 57.2 Å². The Balaban J connectivity index is 0. The second-order valence-corrected chi connectivity index (χ2v) is 29.0. The molecule has 121 heavy (non-hydrogen) atoms. The van der Waals surface area contributed by atoms with E-state index >= 15 is 0 Å². The summed E-state index contributed by atoms with van der Waals surface area (Å²) in [6.07, 6.45) is 5.49. The number of ether oxygens (including phenoxy) is 10. The number of carbonyl (C=O) groups excluding carboxylic acids is 10. The zero-order valence-corrected chi connectivity index (χ0v) is 67.6. The van der Waals surface area contributed by atoms with Gasteiger partial charge < -0.3 is 124 Å². The molecule has 0 bridgehead atoms. The highest BCUT2D eigenvalue weighted by Crippen LogP contribution is 2.36. The van der Waals surface area contributed by atoms with Crippen molar-refractivity contribution in [3.63, 3.8) is 0 Å². The molecule has 0 aliphatic heterocycles. The Bertz CT molecular complexity index is 3630. The van der Waals surface area contributed by atoms with Crippen LogP contribution in [-0.2, 0) is 124 Å². The van der Waals surface area contributed by atoms with Gasteiger partial charge >= 0.3 is 95.5 Å². The lowest BCUT2D eigenvalue weighted by molar-refractivity contribution is -0.170. The van der Waals surface area contributed by atoms with Crippen molar-refractivity contribution in [2.45, 2.75) is 169 Å². The maximum atomic E-state index is 12.1. The maximum absolute atomic E-state index is 12.1. The third kappa shape index (κ3) is 43.3. The first-order chi connectivity index (χ1) is 56.7. The maximum Gasteiger partial charge on any atom is 0.339 e. The highest BCUT2D eigenvalue weighted by atomic mass is 16.6. The van der Waals surface area contributed by atoms with Gasteiger partial charge in [-0.15, -0.1) is 0 Å². The van der Waals surface area contributed by atoms with Crippen molar-refractivity contribution in [3.05, 3.63) is 53.6 Å². The molecule has 3 saturated carbocycles. The molecule has 44 nitrogen and oxygen atoms in total. The summed E-state index contributed by atoms with van der Waals surface area (Å²) in [5.41, 5.74) is -5.71. The number of unbranched alkanes of at least 4 members (excludes halogenated alkanes) is 3. The Kier molecular flexibility index (Phi) is 53.7. The number of aliphatic carboxylic acids is 8. The number of benzene rings is 1. The first-order valence-electron chi connectivity index (χ1n) is 37.4. The van der Waals surface area contributed by atoms with Crippen LogP contribution in [0.4, 0.5) is 0 Å². The quantitative estimate of drug-likeness (QED) is 0.0146.